The van der Waals surface area contributed by atoms with E-state index in [0.717, 1.165) is 0 Å². The zero-order chi connectivity index (χ0) is 17.3. The van der Waals surface area contributed by atoms with Gasteiger partial charge >= 0.3 is 0 Å². The molecule has 2 amide bonds. The number of carbonyl (C=O) groups is 2. The largest absolute Gasteiger partial charge is 0.451 e. The molecule has 0 fully saturated rings. The lowest BCUT2D eigenvalue weighted by molar-refractivity contribution is -0.384. The van der Waals surface area contributed by atoms with E-state index in [4.69, 9.17) is 10.2 Å². The van der Waals surface area contributed by atoms with Crippen LogP contribution in [0, 0.1) is 10.1 Å². The van der Waals surface area contributed by atoms with Gasteiger partial charge in [-0.1, -0.05) is 6.07 Å². The highest BCUT2D eigenvalue weighted by atomic mass is 16.6. The van der Waals surface area contributed by atoms with E-state index in [0.29, 0.717) is 16.7 Å². The first-order chi connectivity index (χ1) is 11.4. The van der Waals surface area contributed by atoms with Crippen LogP contribution in [0.3, 0.4) is 0 Å². The average molecular weight is 325 g/mol. The number of nitrogens with two attached hydrogens (primary N) is 1. The molecular weight excluding hydrogens is 314 g/mol. The quantitative estimate of drug-likeness (QED) is 0.563. The van der Waals surface area contributed by atoms with Gasteiger partial charge in [0.25, 0.3) is 11.6 Å². The normalized spacial score (nSPS) is 10.5. The van der Waals surface area contributed by atoms with E-state index in [9.17, 15) is 19.7 Å². The third-order valence-electron chi connectivity index (χ3n) is 3.34. The summed E-state index contributed by atoms with van der Waals surface area (Å²) >= 11 is 0. The number of nitrogens with one attached hydrogen (secondary N) is 1. The van der Waals surface area contributed by atoms with Gasteiger partial charge in [0.05, 0.1) is 4.92 Å². The van der Waals surface area contributed by atoms with Gasteiger partial charge in [-0.2, -0.15) is 0 Å². The highest BCUT2D eigenvalue weighted by molar-refractivity contribution is 6.05. The number of non-ortho nitro benzene ring substituents is 1. The van der Waals surface area contributed by atoms with E-state index in [1.807, 2.05) is 0 Å². The molecule has 1 heterocycles. The summed E-state index contributed by atoms with van der Waals surface area (Å²) in [6.45, 7) is 0. The Morgan fingerprint density at radius 3 is 2.62 bits per heavy atom. The Hall–Kier alpha value is -3.68. The number of fused-ring (bicyclic) bond motifs is 1. The number of nitro groups is 1. The van der Waals surface area contributed by atoms with Crippen LogP contribution in [0.15, 0.2) is 52.9 Å². The van der Waals surface area contributed by atoms with Crippen LogP contribution in [0.5, 0.6) is 0 Å². The highest BCUT2D eigenvalue weighted by Crippen LogP contribution is 2.24. The maximum Gasteiger partial charge on any atom is 0.291 e. The summed E-state index contributed by atoms with van der Waals surface area (Å²) in [7, 11) is 0. The van der Waals surface area contributed by atoms with E-state index in [1.165, 1.54) is 36.4 Å². The van der Waals surface area contributed by atoms with Crippen molar-refractivity contribution in [2.75, 3.05) is 5.32 Å². The highest BCUT2D eigenvalue weighted by Gasteiger charge is 2.15. The number of hydrogen-bond acceptors (Lipinski definition) is 5. The van der Waals surface area contributed by atoms with Crippen molar-refractivity contribution in [2.45, 2.75) is 0 Å². The minimum Gasteiger partial charge on any atom is -0.451 e. The summed E-state index contributed by atoms with van der Waals surface area (Å²) in [6.07, 6.45) is 0. The number of furan rings is 1. The van der Waals surface area contributed by atoms with Crippen molar-refractivity contribution in [1.82, 2.24) is 0 Å². The van der Waals surface area contributed by atoms with Crippen LogP contribution in [0.4, 0.5) is 11.4 Å². The van der Waals surface area contributed by atoms with Crippen LogP contribution >= 0.6 is 0 Å². The van der Waals surface area contributed by atoms with Gasteiger partial charge in [-0.05, 0) is 30.3 Å². The Labute approximate surface area is 135 Å². The van der Waals surface area contributed by atoms with E-state index >= 15 is 0 Å². The van der Waals surface area contributed by atoms with Gasteiger partial charge in [-0.15, -0.1) is 0 Å². The van der Waals surface area contributed by atoms with Crippen LogP contribution < -0.4 is 11.1 Å². The number of hydrogen-bond donors (Lipinski definition) is 2. The van der Waals surface area contributed by atoms with Gasteiger partial charge in [0.1, 0.15) is 5.58 Å². The maximum absolute atomic E-state index is 12.2. The maximum atomic E-state index is 12.2. The number of nitro benzene ring substituents is 1. The first-order valence-corrected chi connectivity index (χ1v) is 6.83. The van der Waals surface area contributed by atoms with Crippen molar-refractivity contribution in [2.24, 2.45) is 5.73 Å². The van der Waals surface area contributed by atoms with Crippen molar-refractivity contribution >= 4 is 34.2 Å². The first-order valence-electron chi connectivity index (χ1n) is 6.83. The molecule has 8 heteroatoms. The minimum atomic E-state index is -0.609. The Morgan fingerprint density at radius 1 is 1.12 bits per heavy atom. The minimum absolute atomic E-state index is 0.00465. The van der Waals surface area contributed by atoms with E-state index in [-0.39, 0.29) is 17.0 Å². The van der Waals surface area contributed by atoms with Crippen LogP contribution in [0.1, 0.15) is 20.9 Å². The number of nitrogens with zero attached hydrogens (tertiary/aromatic N) is 1. The third kappa shape index (κ3) is 2.93. The molecule has 24 heavy (non-hydrogen) atoms. The predicted molar refractivity (Wildman–Crippen MR) is 85.8 cm³/mol. The Bertz CT molecular complexity index is 977. The average Bonchev–Trinajstić information content (AvgIpc) is 2.98. The summed E-state index contributed by atoms with van der Waals surface area (Å²) in [6, 6.07) is 11.6. The predicted octanol–water partition coefficient (Wildman–Crippen LogP) is 2.69. The molecule has 3 aromatic rings. The van der Waals surface area contributed by atoms with Gasteiger partial charge in [0, 0.05) is 28.8 Å². The molecule has 2 aromatic carbocycles. The molecule has 1 aromatic heterocycles. The summed E-state index contributed by atoms with van der Waals surface area (Å²) in [5.41, 5.74) is 6.09. The van der Waals surface area contributed by atoms with Gasteiger partial charge in [-0.3, -0.25) is 19.7 Å². The second-order valence-electron chi connectivity index (χ2n) is 4.99. The van der Waals surface area contributed by atoms with Crippen molar-refractivity contribution in [3.05, 3.63) is 70.0 Å². The zero-order valence-corrected chi connectivity index (χ0v) is 12.2. The molecule has 0 radical (unpaired) electrons. The molecule has 0 atom stereocenters. The van der Waals surface area contributed by atoms with Crippen molar-refractivity contribution in [3.63, 3.8) is 0 Å². The molecule has 8 nitrogen and oxygen atoms in total. The lowest BCUT2D eigenvalue weighted by atomic mass is 10.2. The molecule has 120 valence electrons. The molecule has 0 unspecified atom stereocenters. The number of anilines is 1. The first kappa shape index (κ1) is 15.2. The molecular formula is C16H11N3O5. The molecule has 0 saturated carbocycles. The lowest BCUT2D eigenvalue weighted by Crippen LogP contribution is -2.13. The van der Waals surface area contributed by atoms with Crippen molar-refractivity contribution < 1.29 is 18.9 Å². The van der Waals surface area contributed by atoms with Gasteiger partial charge < -0.3 is 15.5 Å². The van der Waals surface area contributed by atoms with Gasteiger partial charge in [0.15, 0.2) is 5.76 Å². The number of amides is 2. The SMILES string of the molecule is NC(=O)c1cccc(NC(=O)c2cc3cc([N+](=O)[O-])ccc3o2)c1. The monoisotopic (exact) mass is 325 g/mol. The van der Waals surface area contributed by atoms with Crippen molar-refractivity contribution in [3.8, 4) is 0 Å². The fourth-order valence-corrected chi connectivity index (χ4v) is 2.20. The second kappa shape index (κ2) is 5.84. The number of carbonyl (C=O) groups excluding carboxylic acids is 2. The fourth-order valence-electron chi connectivity index (χ4n) is 2.20. The van der Waals surface area contributed by atoms with Crippen LogP contribution in [-0.4, -0.2) is 16.7 Å². The smallest absolute Gasteiger partial charge is 0.291 e. The van der Waals surface area contributed by atoms with E-state index < -0.39 is 16.7 Å². The molecule has 0 aliphatic heterocycles. The Kier molecular flexibility index (Phi) is 3.70. The summed E-state index contributed by atoms with van der Waals surface area (Å²) in [5, 5.41) is 13.8. The van der Waals surface area contributed by atoms with Crippen LogP contribution in [0.2, 0.25) is 0 Å². The third-order valence-corrected chi connectivity index (χ3v) is 3.34. The van der Waals surface area contributed by atoms with Crippen LogP contribution in [0.25, 0.3) is 11.0 Å². The van der Waals surface area contributed by atoms with E-state index in [1.54, 1.807) is 12.1 Å². The molecule has 3 rings (SSSR count). The summed E-state index contributed by atoms with van der Waals surface area (Å²) < 4.78 is 5.39. The Morgan fingerprint density at radius 2 is 1.92 bits per heavy atom. The fraction of sp³-hybridized carbons (Fsp3) is 0. The van der Waals surface area contributed by atoms with Crippen molar-refractivity contribution in [1.29, 1.82) is 0 Å². The molecule has 3 N–H and O–H groups in total. The zero-order valence-electron chi connectivity index (χ0n) is 12.2. The lowest BCUT2D eigenvalue weighted by Gasteiger charge is -2.04. The van der Waals surface area contributed by atoms with Crippen LogP contribution in [-0.2, 0) is 0 Å². The molecule has 0 spiro atoms. The number of rotatable bonds is 4. The second-order valence-corrected chi connectivity index (χ2v) is 4.99. The number of primary amides is 1. The Balaban J connectivity index is 1.87. The van der Waals surface area contributed by atoms with E-state index in [2.05, 4.69) is 5.32 Å². The standard InChI is InChI=1S/C16H11N3O5/c17-15(20)9-2-1-3-11(6-9)18-16(21)14-8-10-7-12(19(22)23)4-5-13(10)24-14/h1-8H,(H2,17,20)(H,18,21). The van der Waals surface area contributed by atoms with Gasteiger partial charge in [0.2, 0.25) is 5.91 Å². The topological polar surface area (TPSA) is 128 Å². The van der Waals surface area contributed by atoms with Gasteiger partial charge in [-0.25, -0.2) is 0 Å². The number of benzene rings is 2. The molecule has 0 aliphatic carbocycles. The summed E-state index contributed by atoms with van der Waals surface area (Å²) in [5.74, 6) is -1.16. The molecule has 0 aliphatic rings. The molecule has 0 saturated heterocycles. The summed E-state index contributed by atoms with van der Waals surface area (Å²) in [4.78, 5) is 33.6. The molecule has 0 bridgehead atoms.